The molecule has 1 N–H and O–H groups in total. The van der Waals surface area contributed by atoms with Crippen LogP contribution in [0.5, 0.6) is 0 Å². The third-order valence-electron chi connectivity index (χ3n) is 2.93. The van der Waals surface area contributed by atoms with Crippen LogP contribution in [0.1, 0.15) is 21.5 Å². The normalized spacial score (nSPS) is 11.2. The number of hydrogen-bond acceptors (Lipinski definition) is 4. The van der Waals surface area contributed by atoms with Gasteiger partial charge in [-0.15, -0.1) is 0 Å². The molecule has 0 atom stereocenters. The van der Waals surface area contributed by atoms with Crippen molar-refractivity contribution < 1.29 is 18.3 Å². The summed E-state index contributed by atoms with van der Waals surface area (Å²) >= 11 is 0. The monoisotopic (exact) mass is 291 g/mol. The van der Waals surface area contributed by atoms with Gasteiger partial charge in [0, 0.05) is 12.4 Å². The third kappa shape index (κ3) is 2.85. The Kier molecular flexibility index (Phi) is 3.85. The topological polar surface area (TPSA) is 84.3 Å². The molecule has 5 nitrogen and oxygen atoms in total. The largest absolute Gasteiger partial charge is 0.478 e. The molecule has 0 fully saturated rings. The van der Waals surface area contributed by atoms with E-state index in [2.05, 4.69) is 4.98 Å². The van der Waals surface area contributed by atoms with Crippen LogP contribution in [0.2, 0.25) is 0 Å². The minimum atomic E-state index is -3.60. The first-order valence-corrected chi connectivity index (χ1v) is 7.51. The summed E-state index contributed by atoms with van der Waals surface area (Å²) in [5, 5.41) is 9.04. The van der Waals surface area contributed by atoms with Gasteiger partial charge in [-0.25, -0.2) is 13.2 Å². The SMILES string of the molecule is Cc1c(C(=O)O)cccc1S(=O)(=O)Cc1cccnc1. The average Bonchev–Trinajstić information content (AvgIpc) is 2.39. The second-order valence-electron chi connectivity index (χ2n) is 4.35. The van der Waals surface area contributed by atoms with Gasteiger partial charge in [-0.3, -0.25) is 4.98 Å². The number of rotatable bonds is 4. The highest BCUT2D eigenvalue weighted by molar-refractivity contribution is 7.90. The molecule has 1 aromatic heterocycles. The molecule has 0 aliphatic heterocycles. The van der Waals surface area contributed by atoms with Gasteiger partial charge in [-0.2, -0.15) is 0 Å². The fourth-order valence-electron chi connectivity index (χ4n) is 1.96. The Bertz CT molecular complexity index is 739. The fraction of sp³-hybridized carbons (Fsp3) is 0.143. The smallest absolute Gasteiger partial charge is 0.335 e. The van der Waals surface area contributed by atoms with Crippen molar-refractivity contribution in [3.63, 3.8) is 0 Å². The Labute approximate surface area is 116 Å². The number of hydrogen-bond donors (Lipinski definition) is 1. The van der Waals surface area contributed by atoms with Crippen LogP contribution in [0.4, 0.5) is 0 Å². The summed E-state index contributed by atoms with van der Waals surface area (Å²) < 4.78 is 24.8. The molecule has 0 aliphatic carbocycles. The van der Waals surface area contributed by atoms with E-state index in [0.717, 1.165) is 0 Å². The van der Waals surface area contributed by atoms with E-state index in [4.69, 9.17) is 5.11 Å². The van der Waals surface area contributed by atoms with E-state index in [0.29, 0.717) is 5.56 Å². The van der Waals surface area contributed by atoms with Crippen molar-refractivity contribution in [1.82, 2.24) is 4.98 Å². The highest BCUT2D eigenvalue weighted by Gasteiger charge is 2.21. The van der Waals surface area contributed by atoms with Crippen molar-refractivity contribution in [3.05, 3.63) is 59.4 Å². The molecular weight excluding hydrogens is 278 g/mol. The van der Waals surface area contributed by atoms with E-state index in [1.54, 1.807) is 18.3 Å². The minimum absolute atomic E-state index is 0.00254. The first-order chi connectivity index (χ1) is 9.42. The third-order valence-corrected chi connectivity index (χ3v) is 4.75. The lowest BCUT2D eigenvalue weighted by atomic mass is 10.1. The Morgan fingerprint density at radius 3 is 2.60 bits per heavy atom. The molecule has 1 aromatic carbocycles. The molecule has 0 amide bonds. The Balaban J connectivity index is 2.45. The molecular formula is C14H13NO4S. The van der Waals surface area contributed by atoms with Crippen LogP contribution in [0.25, 0.3) is 0 Å². The molecule has 0 saturated carbocycles. The van der Waals surface area contributed by atoms with Crippen LogP contribution in [0, 0.1) is 6.92 Å². The second kappa shape index (κ2) is 5.42. The number of pyridine rings is 1. The first kappa shape index (κ1) is 14.2. The van der Waals surface area contributed by atoms with E-state index in [1.165, 1.54) is 31.3 Å². The lowest BCUT2D eigenvalue weighted by Crippen LogP contribution is -2.10. The zero-order chi connectivity index (χ0) is 14.8. The Morgan fingerprint density at radius 2 is 2.00 bits per heavy atom. The molecule has 6 heteroatoms. The predicted molar refractivity (Wildman–Crippen MR) is 73.3 cm³/mol. The minimum Gasteiger partial charge on any atom is -0.478 e. The van der Waals surface area contributed by atoms with Crippen molar-refractivity contribution in [2.45, 2.75) is 17.6 Å². The number of nitrogens with zero attached hydrogens (tertiary/aromatic N) is 1. The van der Waals surface area contributed by atoms with Crippen molar-refractivity contribution in [2.24, 2.45) is 0 Å². The maximum atomic E-state index is 12.4. The summed E-state index contributed by atoms with van der Waals surface area (Å²) in [5.74, 6) is -1.34. The molecule has 0 bridgehead atoms. The summed E-state index contributed by atoms with van der Waals surface area (Å²) in [4.78, 5) is 15.0. The summed E-state index contributed by atoms with van der Waals surface area (Å²) in [7, 11) is -3.60. The number of aromatic nitrogens is 1. The van der Waals surface area contributed by atoms with Crippen LogP contribution in [-0.4, -0.2) is 24.5 Å². The molecule has 0 saturated heterocycles. The zero-order valence-electron chi connectivity index (χ0n) is 10.8. The molecule has 20 heavy (non-hydrogen) atoms. The number of benzene rings is 1. The van der Waals surface area contributed by atoms with Crippen molar-refractivity contribution in [1.29, 1.82) is 0 Å². The molecule has 1 heterocycles. The maximum Gasteiger partial charge on any atom is 0.335 e. The molecule has 2 rings (SSSR count). The summed E-state index contributed by atoms with van der Waals surface area (Å²) in [6.45, 7) is 1.50. The standard InChI is InChI=1S/C14H13NO4S/c1-10-12(14(16)17)5-2-6-13(10)20(18,19)9-11-4-3-7-15-8-11/h2-8H,9H2,1H3,(H,16,17). The van der Waals surface area contributed by atoms with Gasteiger partial charge in [-0.1, -0.05) is 12.1 Å². The van der Waals surface area contributed by atoms with Gasteiger partial charge in [0.15, 0.2) is 9.84 Å². The van der Waals surface area contributed by atoms with Gasteiger partial charge in [-0.05, 0) is 36.2 Å². The number of aromatic carboxylic acids is 1. The van der Waals surface area contributed by atoms with Crippen LogP contribution in [0.15, 0.2) is 47.6 Å². The molecule has 0 unspecified atom stereocenters. The van der Waals surface area contributed by atoms with Gasteiger partial charge in [0.05, 0.1) is 16.2 Å². The van der Waals surface area contributed by atoms with Gasteiger partial charge < -0.3 is 5.11 Å². The number of carboxylic acid groups (broad SMARTS) is 1. The van der Waals surface area contributed by atoms with E-state index in [9.17, 15) is 13.2 Å². The van der Waals surface area contributed by atoms with Crippen LogP contribution in [-0.2, 0) is 15.6 Å². The van der Waals surface area contributed by atoms with Gasteiger partial charge in [0.2, 0.25) is 0 Å². The zero-order valence-corrected chi connectivity index (χ0v) is 11.6. The lowest BCUT2D eigenvalue weighted by Gasteiger charge is -2.09. The Morgan fingerprint density at radius 1 is 1.25 bits per heavy atom. The van der Waals surface area contributed by atoms with Gasteiger partial charge >= 0.3 is 5.97 Å². The maximum absolute atomic E-state index is 12.4. The molecule has 0 spiro atoms. The summed E-state index contributed by atoms with van der Waals surface area (Å²) in [6.07, 6.45) is 3.04. The van der Waals surface area contributed by atoms with Crippen molar-refractivity contribution in [2.75, 3.05) is 0 Å². The van der Waals surface area contributed by atoms with Crippen LogP contribution >= 0.6 is 0 Å². The number of carboxylic acids is 1. The highest BCUT2D eigenvalue weighted by Crippen LogP contribution is 2.22. The molecule has 0 radical (unpaired) electrons. The highest BCUT2D eigenvalue weighted by atomic mass is 32.2. The Hall–Kier alpha value is -2.21. The average molecular weight is 291 g/mol. The molecule has 0 aliphatic rings. The fourth-order valence-corrected chi connectivity index (χ4v) is 3.59. The molecule has 2 aromatic rings. The number of carbonyl (C=O) groups is 1. The van der Waals surface area contributed by atoms with Crippen molar-refractivity contribution >= 4 is 15.8 Å². The first-order valence-electron chi connectivity index (χ1n) is 5.86. The number of sulfone groups is 1. The molecule has 104 valence electrons. The van der Waals surface area contributed by atoms with E-state index < -0.39 is 15.8 Å². The summed E-state index contributed by atoms with van der Waals surface area (Å²) in [5.41, 5.74) is 0.814. The van der Waals surface area contributed by atoms with E-state index in [-0.39, 0.29) is 21.8 Å². The van der Waals surface area contributed by atoms with Crippen molar-refractivity contribution in [3.8, 4) is 0 Å². The summed E-state index contributed by atoms with van der Waals surface area (Å²) in [6, 6.07) is 7.58. The predicted octanol–water partition coefficient (Wildman–Crippen LogP) is 2.06. The van der Waals surface area contributed by atoms with Gasteiger partial charge in [0.25, 0.3) is 0 Å². The van der Waals surface area contributed by atoms with Gasteiger partial charge in [0.1, 0.15) is 0 Å². The van der Waals surface area contributed by atoms with E-state index >= 15 is 0 Å². The van der Waals surface area contributed by atoms with Crippen LogP contribution < -0.4 is 0 Å². The van der Waals surface area contributed by atoms with Crippen LogP contribution in [0.3, 0.4) is 0 Å². The lowest BCUT2D eigenvalue weighted by molar-refractivity contribution is 0.0696. The van der Waals surface area contributed by atoms with E-state index in [1.807, 2.05) is 0 Å². The quantitative estimate of drug-likeness (QED) is 0.932. The second-order valence-corrected chi connectivity index (χ2v) is 6.31.